The zero-order chi connectivity index (χ0) is 26.6. The van der Waals surface area contributed by atoms with Crippen molar-refractivity contribution in [1.29, 1.82) is 5.26 Å². The molecule has 0 fully saturated rings. The van der Waals surface area contributed by atoms with E-state index in [9.17, 15) is 14.9 Å². The van der Waals surface area contributed by atoms with E-state index in [4.69, 9.17) is 15.2 Å². The van der Waals surface area contributed by atoms with Gasteiger partial charge >= 0.3 is 12.1 Å². The lowest BCUT2D eigenvalue weighted by Gasteiger charge is -2.27. The molecule has 0 saturated carbocycles. The molecule has 1 aromatic carbocycles. The summed E-state index contributed by atoms with van der Waals surface area (Å²) in [5, 5.41) is 9.84. The first kappa shape index (κ1) is 28.1. The molecule has 0 saturated heterocycles. The Balaban J connectivity index is 2.72. The standard InChI is InChI=1S/C23H31BrN6O4Si/c1-23(2,3)34-22(32)30(16-10-8-15(24)9-11-16)21-27-18(29(4)20(26)31)17(14-25)19(28-21)33-12-13-35(5,6)7/h8-11H,12-13H2,1-7H3,(H2,26,31). The van der Waals surface area contributed by atoms with E-state index in [2.05, 4.69) is 45.5 Å². The van der Waals surface area contributed by atoms with Gasteiger partial charge in [-0.05, 0) is 51.1 Å². The molecule has 0 bridgehead atoms. The third-order valence-corrected chi connectivity index (χ3v) is 6.79. The first-order chi connectivity index (χ1) is 16.1. The zero-order valence-corrected chi connectivity index (χ0v) is 23.6. The van der Waals surface area contributed by atoms with Gasteiger partial charge in [0.1, 0.15) is 11.7 Å². The number of aromatic nitrogens is 2. The molecule has 2 rings (SSSR count). The summed E-state index contributed by atoms with van der Waals surface area (Å²) in [5.41, 5.74) is 5.01. The third-order valence-electron chi connectivity index (χ3n) is 4.56. The highest BCUT2D eigenvalue weighted by molar-refractivity contribution is 9.10. The molecule has 12 heteroatoms. The van der Waals surface area contributed by atoms with Gasteiger partial charge in [-0.25, -0.2) is 14.5 Å². The predicted molar refractivity (Wildman–Crippen MR) is 141 cm³/mol. The number of primary amides is 1. The van der Waals surface area contributed by atoms with Crippen LogP contribution in [0.15, 0.2) is 28.7 Å². The van der Waals surface area contributed by atoms with E-state index in [1.54, 1.807) is 45.0 Å². The summed E-state index contributed by atoms with van der Waals surface area (Å²) in [6, 6.07) is 8.82. The maximum absolute atomic E-state index is 13.3. The van der Waals surface area contributed by atoms with Crippen molar-refractivity contribution in [3.8, 4) is 11.9 Å². The van der Waals surface area contributed by atoms with Crippen molar-refractivity contribution in [2.45, 2.75) is 52.1 Å². The summed E-state index contributed by atoms with van der Waals surface area (Å²) < 4.78 is 12.3. The van der Waals surface area contributed by atoms with Gasteiger partial charge < -0.3 is 15.2 Å². The third kappa shape index (κ3) is 7.93. The molecule has 0 aliphatic carbocycles. The number of ether oxygens (including phenoxy) is 2. The number of urea groups is 1. The van der Waals surface area contributed by atoms with Crippen LogP contribution in [-0.4, -0.2) is 49.4 Å². The quantitative estimate of drug-likeness (QED) is 0.445. The van der Waals surface area contributed by atoms with Crippen LogP contribution in [0.2, 0.25) is 25.7 Å². The van der Waals surface area contributed by atoms with Crippen LogP contribution in [-0.2, 0) is 4.74 Å². The maximum atomic E-state index is 13.3. The Bertz CT molecular complexity index is 1120. The smallest absolute Gasteiger partial charge is 0.421 e. The van der Waals surface area contributed by atoms with Gasteiger partial charge in [-0.15, -0.1) is 0 Å². The van der Waals surface area contributed by atoms with Crippen LogP contribution in [0.4, 0.5) is 27.0 Å². The summed E-state index contributed by atoms with van der Waals surface area (Å²) in [7, 11) is -0.0813. The van der Waals surface area contributed by atoms with Crippen molar-refractivity contribution >= 4 is 53.6 Å². The molecule has 2 aromatic rings. The lowest BCUT2D eigenvalue weighted by Crippen LogP contribution is -2.36. The summed E-state index contributed by atoms with van der Waals surface area (Å²) in [6.07, 6.45) is -0.745. The van der Waals surface area contributed by atoms with Gasteiger partial charge in [-0.3, -0.25) is 4.90 Å². The van der Waals surface area contributed by atoms with Gasteiger partial charge in [0, 0.05) is 19.6 Å². The summed E-state index contributed by atoms with van der Waals surface area (Å²) in [5.74, 6) is -0.269. The molecule has 0 radical (unpaired) electrons. The molecular weight excluding hydrogens is 532 g/mol. The average molecular weight is 564 g/mol. The van der Waals surface area contributed by atoms with Crippen LogP contribution in [0.1, 0.15) is 26.3 Å². The Morgan fingerprint density at radius 1 is 1.17 bits per heavy atom. The molecule has 0 unspecified atom stereocenters. The molecule has 3 amide bonds. The Hall–Kier alpha value is -3.17. The number of hydrogen-bond acceptors (Lipinski definition) is 7. The number of anilines is 3. The van der Waals surface area contributed by atoms with Crippen LogP contribution in [0.25, 0.3) is 0 Å². The molecular formula is C23H31BrN6O4Si. The molecule has 0 aliphatic heterocycles. The van der Waals surface area contributed by atoms with Crippen LogP contribution in [0, 0.1) is 11.3 Å². The highest BCUT2D eigenvalue weighted by Gasteiger charge is 2.31. The minimum absolute atomic E-state index is 0.0514. The average Bonchev–Trinajstić information content (AvgIpc) is 2.72. The van der Waals surface area contributed by atoms with Crippen LogP contribution in [0.3, 0.4) is 0 Å². The number of carbonyl (C=O) groups excluding carboxylic acids is 2. The molecule has 2 N–H and O–H groups in total. The van der Waals surface area contributed by atoms with Crippen molar-refractivity contribution < 1.29 is 19.1 Å². The van der Waals surface area contributed by atoms with E-state index in [0.29, 0.717) is 12.3 Å². The number of carbonyl (C=O) groups is 2. The van der Waals surface area contributed by atoms with Gasteiger partial charge in [0.2, 0.25) is 11.8 Å². The molecule has 1 aromatic heterocycles. The van der Waals surface area contributed by atoms with Crippen molar-refractivity contribution in [3.05, 3.63) is 34.3 Å². The maximum Gasteiger partial charge on any atom is 0.421 e. The summed E-state index contributed by atoms with van der Waals surface area (Å²) in [6.45, 7) is 12.1. The largest absolute Gasteiger partial charge is 0.477 e. The first-order valence-electron chi connectivity index (χ1n) is 10.9. The Morgan fingerprint density at radius 2 is 1.77 bits per heavy atom. The fraction of sp³-hybridized carbons (Fsp3) is 0.435. The number of benzene rings is 1. The van der Waals surface area contributed by atoms with E-state index in [-0.39, 0.29) is 23.2 Å². The van der Waals surface area contributed by atoms with Crippen molar-refractivity contribution in [3.63, 3.8) is 0 Å². The Labute approximate surface area is 215 Å². The number of nitrogens with zero attached hydrogens (tertiary/aromatic N) is 5. The number of rotatable bonds is 7. The van der Waals surface area contributed by atoms with Crippen LogP contribution in [0.5, 0.6) is 5.88 Å². The van der Waals surface area contributed by atoms with E-state index in [0.717, 1.165) is 20.3 Å². The van der Waals surface area contributed by atoms with Gasteiger partial charge in [-0.1, -0.05) is 35.6 Å². The first-order valence-corrected chi connectivity index (χ1v) is 15.4. The second kappa shape index (κ2) is 11.0. The van der Waals surface area contributed by atoms with E-state index < -0.39 is 25.8 Å². The minimum atomic E-state index is -1.45. The molecule has 35 heavy (non-hydrogen) atoms. The van der Waals surface area contributed by atoms with Gasteiger partial charge in [0.15, 0.2) is 11.4 Å². The highest BCUT2D eigenvalue weighted by atomic mass is 79.9. The van der Waals surface area contributed by atoms with Crippen LogP contribution >= 0.6 is 15.9 Å². The molecule has 1 heterocycles. The Morgan fingerprint density at radius 3 is 2.26 bits per heavy atom. The lowest BCUT2D eigenvalue weighted by molar-refractivity contribution is 0.0597. The number of hydrogen-bond donors (Lipinski definition) is 1. The lowest BCUT2D eigenvalue weighted by atomic mass is 10.2. The number of halogens is 1. The number of nitriles is 1. The van der Waals surface area contributed by atoms with E-state index in [1.165, 1.54) is 7.05 Å². The van der Waals surface area contributed by atoms with Crippen molar-refractivity contribution in [2.24, 2.45) is 5.73 Å². The molecule has 0 aliphatic rings. The summed E-state index contributed by atoms with van der Waals surface area (Å²) in [4.78, 5) is 36.2. The molecule has 0 spiro atoms. The topological polar surface area (TPSA) is 135 Å². The fourth-order valence-electron chi connectivity index (χ4n) is 2.72. The second-order valence-electron chi connectivity index (χ2n) is 9.99. The number of nitrogens with two attached hydrogens (primary N) is 1. The van der Waals surface area contributed by atoms with Gasteiger partial charge in [0.05, 0.1) is 12.3 Å². The fourth-order valence-corrected chi connectivity index (χ4v) is 3.70. The second-order valence-corrected chi connectivity index (χ2v) is 16.5. The molecule has 188 valence electrons. The van der Waals surface area contributed by atoms with Crippen LogP contribution < -0.4 is 20.3 Å². The minimum Gasteiger partial charge on any atom is -0.477 e. The van der Waals surface area contributed by atoms with Crippen molar-refractivity contribution in [1.82, 2.24) is 9.97 Å². The monoisotopic (exact) mass is 562 g/mol. The van der Waals surface area contributed by atoms with Gasteiger partial charge in [-0.2, -0.15) is 15.2 Å². The Kier molecular flexibility index (Phi) is 8.86. The molecule has 0 atom stereocenters. The normalized spacial score (nSPS) is 11.4. The highest BCUT2D eigenvalue weighted by Crippen LogP contribution is 2.33. The molecule has 10 nitrogen and oxygen atoms in total. The number of amides is 3. The van der Waals surface area contributed by atoms with E-state index in [1.807, 2.05) is 6.07 Å². The van der Waals surface area contributed by atoms with Crippen molar-refractivity contribution in [2.75, 3.05) is 23.5 Å². The van der Waals surface area contributed by atoms with Gasteiger partial charge in [0.25, 0.3) is 0 Å². The summed E-state index contributed by atoms with van der Waals surface area (Å²) >= 11 is 3.38. The zero-order valence-electron chi connectivity index (χ0n) is 21.0. The SMILES string of the molecule is CN(C(N)=O)c1nc(N(C(=O)OC(C)(C)C)c2ccc(Br)cc2)nc(OCC[Si](C)(C)C)c1C#N. The van der Waals surface area contributed by atoms with E-state index >= 15 is 0 Å². The predicted octanol–water partition coefficient (Wildman–Crippen LogP) is 5.42.